The molecule has 0 radical (unpaired) electrons. The number of hydrogen-bond donors (Lipinski definition) is 2. The summed E-state index contributed by atoms with van der Waals surface area (Å²) in [4.78, 5) is 25.7. The van der Waals surface area contributed by atoms with Crippen molar-refractivity contribution >= 4 is 28.9 Å². The molecule has 0 aromatic carbocycles. The topological polar surface area (TPSA) is 84.9 Å². The number of ether oxygens (including phenoxy) is 2. The lowest BCUT2D eigenvalue weighted by atomic mass is 9.95. The molecule has 0 saturated heterocycles. The van der Waals surface area contributed by atoms with E-state index < -0.39 is 24.0 Å². The fourth-order valence-corrected chi connectivity index (χ4v) is 6.63. The Morgan fingerprint density at radius 3 is 1.28 bits per heavy atom. The maximum atomic E-state index is 12.9. The minimum Gasteiger partial charge on any atom is -0.457 e. The molecule has 0 aliphatic carbocycles. The molecular weight excluding hydrogens is 726 g/mol. The maximum Gasteiger partial charge on any atom is 0.307 e. The van der Waals surface area contributed by atoms with Crippen LogP contribution in [0.4, 0.5) is 0 Å². The fourth-order valence-electron chi connectivity index (χ4n) is 6.63. The lowest BCUT2D eigenvalue weighted by molar-refractivity contribution is -0.171. The van der Waals surface area contributed by atoms with Crippen LogP contribution in [0.1, 0.15) is 234 Å². The van der Waals surface area contributed by atoms with Crippen LogP contribution < -0.4 is 5.32 Å². The molecule has 0 heterocycles. The molecule has 0 aliphatic rings. The Balaban J connectivity index is 0. The molecule has 2 N–H and O–H groups in total. The molecule has 0 aromatic rings. The molecule has 0 rings (SSSR count). The van der Waals surface area contributed by atoms with E-state index in [1.807, 2.05) is 20.8 Å². The molecule has 314 valence electrons. The van der Waals surface area contributed by atoms with E-state index in [0.717, 1.165) is 51.4 Å². The van der Waals surface area contributed by atoms with Gasteiger partial charge in [0.15, 0.2) is 6.23 Å². The highest BCUT2D eigenvalue weighted by atomic mass is 79.9. The van der Waals surface area contributed by atoms with Gasteiger partial charge in [-0.2, -0.15) is 0 Å². The summed E-state index contributed by atoms with van der Waals surface area (Å²) < 4.78 is 11.7. The van der Waals surface area contributed by atoms with Crippen LogP contribution in [0.3, 0.4) is 0 Å². The largest absolute Gasteiger partial charge is 0.457 e. The summed E-state index contributed by atoms with van der Waals surface area (Å²) in [7, 11) is 0. The Kier molecular flexibility index (Phi) is 39.7. The van der Waals surface area contributed by atoms with Crippen molar-refractivity contribution in [3.8, 4) is 0 Å². The Morgan fingerprint density at radius 1 is 0.566 bits per heavy atom. The van der Waals surface area contributed by atoms with Gasteiger partial charge in [-0.15, -0.1) is 17.0 Å². The Hall–Kier alpha value is -1.18. The highest BCUT2D eigenvalue weighted by molar-refractivity contribution is 8.93. The van der Waals surface area contributed by atoms with Crippen molar-refractivity contribution in [2.24, 2.45) is 0 Å². The molecule has 53 heavy (non-hydrogen) atoms. The van der Waals surface area contributed by atoms with Gasteiger partial charge >= 0.3 is 11.9 Å². The van der Waals surface area contributed by atoms with Gasteiger partial charge < -0.3 is 14.6 Å². The number of nitrogens with one attached hydrogen (secondary N) is 1. The monoisotopic (exact) mass is 814 g/mol. The van der Waals surface area contributed by atoms with Gasteiger partial charge in [-0.25, -0.2) is 0 Å². The van der Waals surface area contributed by atoms with Gasteiger partial charge in [0.05, 0.1) is 6.10 Å². The summed E-state index contributed by atoms with van der Waals surface area (Å²) in [6, 6.07) is 0. The molecule has 6 nitrogen and oxygen atoms in total. The van der Waals surface area contributed by atoms with E-state index in [4.69, 9.17) is 9.47 Å². The minimum absolute atomic E-state index is 0. The number of aliphatic hydroxyl groups excluding tert-OH is 1. The summed E-state index contributed by atoms with van der Waals surface area (Å²) >= 11 is 0. The molecule has 0 bridgehead atoms. The van der Waals surface area contributed by atoms with Gasteiger partial charge in [0.2, 0.25) is 0 Å². The van der Waals surface area contributed by atoms with Crippen molar-refractivity contribution in [3.63, 3.8) is 0 Å². The van der Waals surface area contributed by atoms with E-state index in [-0.39, 0.29) is 28.9 Å². The van der Waals surface area contributed by atoms with Gasteiger partial charge in [0.1, 0.15) is 6.10 Å². The number of carbonyl (C=O) groups excluding carboxylic acids is 2. The summed E-state index contributed by atoms with van der Waals surface area (Å²) in [6.07, 6.45) is 40.9. The zero-order valence-corrected chi connectivity index (χ0v) is 37.5. The van der Waals surface area contributed by atoms with Gasteiger partial charge in [0, 0.05) is 18.4 Å². The normalized spacial score (nSPS) is 13.6. The smallest absolute Gasteiger partial charge is 0.307 e. The first-order valence-electron chi connectivity index (χ1n) is 22.3. The second-order valence-electron chi connectivity index (χ2n) is 16.1. The van der Waals surface area contributed by atoms with Crippen molar-refractivity contribution in [2.75, 3.05) is 0 Å². The molecule has 3 atom stereocenters. The molecular formula is C46H88BrNO5. The maximum absolute atomic E-state index is 12.9. The summed E-state index contributed by atoms with van der Waals surface area (Å²) in [6.45, 7) is 12.2. The van der Waals surface area contributed by atoms with E-state index in [9.17, 15) is 14.7 Å². The molecule has 3 unspecified atom stereocenters. The first-order chi connectivity index (χ1) is 25.1. The minimum atomic E-state index is -0.771. The second-order valence-corrected chi connectivity index (χ2v) is 16.1. The van der Waals surface area contributed by atoms with Crippen LogP contribution in [0.25, 0.3) is 0 Å². The van der Waals surface area contributed by atoms with Crippen LogP contribution in [-0.2, 0) is 19.1 Å². The van der Waals surface area contributed by atoms with Crippen LogP contribution in [0.5, 0.6) is 0 Å². The third-order valence-corrected chi connectivity index (χ3v) is 10.0. The number of aliphatic hydroxyl groups is 1. The Morgan fingerprint density at radius 2 is 0.906 bits per heavy atom. The number of unbranched alkanes of at least 4 members (excludes halogenated alkanes) is 22. The standard InChI is InChI=1S/C46H87NO5.BrH/c1-7-10-12-14-16-18-20-22-24-26-28-30-32-34-36-38-43(49)51-41(4)45(47-46(5,6)40-42(48)9-3)52-44(50)39-37-35-33-31-29-27-25-23-21-19-17-15-13-11-8-2;/h22-25,41-42,45,47-48H,7-21,26-40H2,1-6H3;1H. The van der Waals surface area contributed by atoms with Crippen LogP contribution in [0.15, 0.2) is 24.3 Å². The number of carbonyl (C=O) groups is 2. The van der Waals surface area contributed by atoms with Gasteiger partial charge in [-0.05, 0) is 97.8 Å². The lowest BCUT2D eigenvalue weighted by Crippen LogP contribution is -2.54. The first-order valence-corrected chi connectivity index (χ1v) is 22.3. The second kappa shape index (κ2) is 39.1. The van der Waals surface area contributed by atoms with Crippen LogP contribution in [-0.4, -0.2) is 41.0 Å². The predicted octanol–water partition coefficient (Wildman–Crippen LogP) is 14.0. The van der Waals surface area contributed by atoms with Crippen LogP contribution in [0, 0.1) is 0 Å². The Labute approximate surface area is 339 Å². The van der Waals surface area contributed by atoms with Gasteiger partial charge in [-0.1, -0.05) is 148 Å². The van der Waals surface area contributed by atoms with E-state index in [0.29, 0.717) is 25.7 Å². The first kappa shape index (κ1) is 53.9. The lowest BCUT2D eigenvalue weighted by Gasteiger charge is -2.35. The average molecular weight is 815 g/mol. The molecule has 0 aromatic heterocycles. The molecule has 0 aliphatic heterocycles. The number of rotatable bonds is 38. The highest BCUT2D eigenvalue weighted by Crippen LogP contribution is 2.19. The van der Waals surface area contributed by atoms with E-state index in [2.05, 4.69) is 43.5 Å². The predicted molar refractivity (Wildman–Crippen MR) is 233 cm³/mol. The summed E-state index contributed by atoms with van der Waals surface area (Å²) in [5, 5.41) is 13.7. The van der Waals surface area contributed by atoms with Crippen LogP contribution >= 0.6 is 17.0 Å². The van der Waals surface area contributed by atoms with Gasteiger partial charge in [-0.3, -0.25) is 14.9 Å². The zero-order chi connectivity index (χ0) is 38.5. The summed E-state index contributed by atoms with van der Waals surface area (Å²) in [5.41, 5.74) is -0.506. The van der Waals surface area contributed by atoms with Crippen molar-refractivity contribution < 1.29 is 24.2 Å². The van der Waals surface area contributed by atoms with E-state index >= 15 is 0 Å². The third kappa shape index (κ3) is 37.5. The number of esters is 2. The molecule has 0 saturated carbocycles. The van der Waals surface area contributed by atoms with Crippen molar-refractivity contribution in [2.45, 2.75) is 258 Å². The summed E-state index contributed by atoms with van der Waals surface area (Å²) in [5.74, 6) is -0.529. The molecule has 0 fully saturated rings. The zero-order valence-electron chi connectivity index (χ0n) is 35.7. The quantitative estimate of drug-likeness (QED) is 0.0279. The van der Waals surface area contributed by atoms with E-state index in [1.54, 1.807) is 6.92 Å². The SMILES string of the molecule is Br.CCCCCCCCC=CCCCCCCCC(=O)OC(C)C(NC(C)(C)CC(O)CC)OC(=O)CCCCCCCC=CCCCCCCCC. The highest BCUT2D eigenvalue weighted by Gasteiger charge is 2.32. The number of halogens is 1. The van der Waals surface area contributed by atoms with E-state index in [1.165, 1.54) is 116 Å². The molecule has 0 spiro atoms. The average Bonchev–Trinajstić information content (AvgIpc) is 3.10. The van der Waals surface area contributed by atoms with Crippen LogP contribution in [0.2, 0.25) is 0 Å². The molecule has 7 heteroatoms. The molecule has 0 amide bonds. The van der Waals surface area contributed by atoms with Gasteiger partial charge in [0.25, 0.3) is 0 Å². The van der Waals surface area contributed by atoms with Crippen molar-refractivity contribution in [3.05, 3.63) is 24.3 Å². The number of allylic oxidation sites excluding steroid dienone is 4. The number of hydrogen-bond acceptors (Lipinski definition) is 6. The Bertz CT molecular complexity index is 876. The van der Waals surface area contributed by atoms with Crippen molar-refractivity contribution in [1.29, 1.82) is 0 Å². The van der Waals surface area contributed by atoms with Crippen molar-refractivity contribution in [1.82, 2.24) is 5.32 Å². The third-order valence-electron chi connectivity index (χ3n) is 10.0. The fraction of sp³-hybridized carbons (Fsp3) is 0.870.